The number of aryl methyl sites for hydroxylation is 1. The Hall–Kier alpha value is -2.85. The van der Waals surface area contributed by atoms with E-state index in [1.807, 2.05) is 44.2 Å². The summed E-state index contributed by atoms with van der Waals surface area (Å²) in [4.78, 5) is 22.4. The van der Waals surface area contributed by atoms with E-state index in [1.165, 1.54) is 0 Å². The second-order valence-electron chi connectivity index (χ2n) is 5.57. The molecule has 0 unspecified atom stereocenters. The molecule has 0 saturated heterocycles. The Kier molecular flexibility index (Phi) is 4.72. The molecule has 0 saturated carbocycles. The summed E-state index contributed by atoms with van der Waals surface area (Å²) >= 11 is 5.16. The maximum atomic E-state index is 11.5. The molecule has 0 atom stereocenters. The topological polar surface area (TPSA) is 52.6 Å². The van der Waals surface area contributed by atoms with E-state index < -0.39 is 11.2 Å². The first-order chi connectivity index (χ1) is 12.0. The third-order valence-corrected chi connectivity index (χ3v) is 4.13. The molecule has 0 aliphatic rings. The second-order valence-corrected chi connectivity index (χ2v) is 5.91. The molecule has 126 valence electrons. The zero-order chi connectivity index (χ0) is 18.0. The van der Waals surface area contributed by atoms with Crippen LogP contribution in [-0.4, -0.2) is 11.2 Å². The number of esters is 1. The molecule has 0 aliphatic carbocycles. The number of rotatable bonds is 4. The van der Waals surface area contributed by atoms with E-state index in [9.17, 15) is 9.59 Å². The highest BCUT2D eigenvalue weighted by atomic mass is 35.5. The number of hydrogen-bond acceptors (Lipinski definition) is 4. The molecule has 0 aliphatic heterocycles. The van der Waals surface area contributed by atoms with Crippen molar-refractivity contribution >= 4 is 33.6 Å². The molecule has 3 aromatic rings. The van der Waals surface area contributed by atoms with E-state index in [1.54, 1.807) is 24.3 Å². The molecule has 25 heavy (non-hydrogen) atoms. The molecular weight excluding hydrogens is 340 g/mol. The van der Waals surface area contributed by atoms with E-state index in [2.05, 4.69) is 0 Å². The number of ether oxygens (including phenoxy) is 2. The second kappa shape index (κ2) is 6.95. The monoisotopic (exact) mass is 354 g/mol. The highest BCUT2D eigenvalue weighted by Crippen LogP contribution is 2.36. The molecular formula is C20H15ClO4. The van der Waals surface area contributed by atoms with Gasteiger partial charge >= 0.3 is 11.2 Å². The van der Waals surface area contributed by atoms with Crippen LogP contribution < -0.4 is 9.47 Å². The van der Waals surface area contributed by atoms with Crippen LogP contribution >= 0.6 is 11.6 Å². The molecule has 0 bridgehead atoms. The van der Waals surface area contributed by atoms with Crippen molar-refractivity contribution in [1.82, 2.24) is 0 Å². The Bertz CT molecular complexity index is 979. The fraction of sp³-hybridized carbons (Fsp3) is 0.100. The van der Waals surface area contributed by atoms with Crippen LogP contribution in [0.4, 0.5) is 0 Å². The van der Waals surface area contributed by atoms with Crippen molar-refractivity contribution in [3.8, 4) is 17.2 Å². The van der Waals surface area contributed by atoms with E-state index in [0.29, 0.717) is 11.1 Å². The SMILES string of the molecule is Cc1cccc(Oc2cccc3c(OC(=O)C(=O)Cl)cccc23)c1C. The predicted molar refractivity (Wildman–Crippen MR) is 96.4 cm³/mol. The average Bonchev–Trinajstić information content (AvgIpc) is 2.59. The summed E-state index contributed by atoms with van der Waals surface area (Å²) in [5.41, 5.74) is 2.18. The zero-order valence-electron chi connectivity index (χ0n) is 13.7. The number of hydrogen-bond donors (Lipinski definition) is 0. The van der Waals surface area contributed by atoms with Gasteiger partial charge in [-0.2, -0.15) is 0 Å². The van der Waals surface area contributed by atoms with Crippen molar-refractivity contribution in [3.63, 3.8) is 0 Å². The van der Waals surface area contributed by atoms with Crippen molar-refractivity contribution in [2.45, 2.75) is 13.8 Å². The van der Waals surface area contributed by atoms with Crippen molar-refractivity contribution in [2.75, 3.05) is 0 Å². The summed E-state index contributed by atoms with van der Waals surface area (Å²) < 4.78 is 11.1. The molecule has 3 rings (SSSR count). The lowest BCUT2D eigenvalue weighted by Crippen LogP contribution is -2.15. The molecule has 0 radical (unpaired) electrons. The molecule has 3 aromatic carbocycles. The van der Waals surface area contributed by atoms with Crippen molar-refractivity contribution in [2.24, 2.45) is 0 Å². The predicted octanol–water partition coefficient (Wildman–Crippen LogP) is 4.92. The minimum absolute atomic E-state index is 0.253. The van der Waals surface area contributed by atoms with Gasteiger partial charge in [0.15, 0.2) is 0 Å². The fourth-order valence-corrected chi connectivity index (χ4v) is 2.56. The fourth-order valence-electron chi connectivity index (χ4n) is 2.52. The Morgan fingerprint density at radius 2 is 1.36 bits per heavy atom. The van der Waals surface area contributed by atoms with Crippen molar-refractivity contribution < 1.29 is 19.1 Å². The highest BCUT2D eigenvalue weighted by molar-refractivity contribution is 6.80. The van der Waals surface area contributed by atoms with Crippen LogP contribution in [0.1, 0.15) is 11.1 Å². The maximum Gasteiger partial charge on any atom is 0.396 e. The van der Waals surface area contributed by atoms with Gasteiger partial charge in [-0.25, -0.2) is 4.79 Å². The molecule has 0 heterocycles. The Balaban J connectivity index is 2.04. The molecule has 0 spiro atoms. The maximum absolute atomic E-state index is 11.5. The first kappa shape index (κ1) is 17.0. The van der Waals surface area contributed by atoms with Gasteiger partial charge in [-0.15, -0.1) is 0 Å². The lowest BCUT2D eigenvalue weighted by Gasteiger charge is -2.13. The minimum Gasteiger partial charge on any atom is -0.456 e. The van der Waals surface area contributed by atoms with Gasteiger partial charge in [0.1, 0.15) is 17.2 Å². The summed E-state index contributed by atoms with van der Waals surface area (Å²) in [6.07, 6.45) is 0. The first-order valence-electron chi connectivity index (χ1n) is 7.65. The third kappa shape index (κ3) is 3.49. The third-order valence-electron chi connectivity index (χ3n) is 3.98. The van der Waals surface area contributed by atoms with Gasteiger partial charge in [-0.05, 0) is 54.8 Å². The minimum atomic E-state index is -1.17. The summed E-state index contributed by atoms with van der Waals surface area (Å²) in [6, 6.07) is 16.4. The van der Waals surface area contributed by atoms with Crippen LogP contribution in [0.5, 0.6) is 17.2 Å². The molecule has 5 heteroatoms. The number of halogens is 1. The van der Waals surface area contributed by atoms with Crippen molar-refractivity contribution in [3.05, 3.63) is 65.7 Å². The summed E-state index contributed by atoms with van der Waals surface area (Å²) in [7, 11) is 0. The summed E-state index contributed by atoms with van der Waals surface area (Å²) in [5.74, 6) is 0.519. The Morgan fingerprint density at radius 1 is 0.800 bits per heavy atom. The van der Waals surface area contributed by atoms with Crippen LogP contribution in [-0.2, 0) is 9.59 Å². The van der Waals surface area contributed by atoms with E-state index in [4.69, 9.17) is 21.1 Å². The molecule has 0 aromatic heterocycles. The van der Waals surface area contributed by atoms with Crippen LogP contribution in [0.25, 0.3) is 10.8 Å². The molecule has 0 fully saturated rings. The van der Waals surface area contributed by atoms with E-state index >= 15 is 0 Å². The quantitative estimate of drug-likeness (QED) is 0.289. The van der Waals surface area contributed by atoms with Gasteiger partial charge < -0.3 is 9.47 Å². The smallest absolute Gasteiger partial charge is 0.396 e. The molecule has 0 amide bonds. The largest absolute Gasteiger partial charge is 0.456 e. The average molecular weight is 355 g/mol. The standard InChI is InChI=1S/C20H15ClO4/c1-12-6-3-9-16(13(12)2)24-17-10-4-8-15-14(17)7-5-11-18(15)25-20(23)19(21)22/h3-11H,1-2H3. The van der Waals surface area contributed by atoms with Gasteiger partial charge in [-0.3, -0.25) is 4.79 Å². The Labute approximate surface area is 149 Å². The van der Waals surface area contributed by atoms with Gasteiger partial charge in [0.05, 0.1) is 0 Å². The van der Waals surface area contributed by atoms with Crippen molar-refractivity contribution in [1.29, 1.82) is 0 Å². The first-order valence-corrected chi connectivity index (χ1v) is 8.02. The number of benzene rings is 3. The van der Waals surface area contributed by atoms with E-state index in [0.717, 1.165) is 22.3 Å². The normalized spacial score (nSPS) is 10.5. The Morgan fingerprint density at radius 3 is 2.04 bits per heavy atom. The van der Waals surface area contributed by atoms with Crippen LogP contribution in [0.15, 0.2) is 54.6 Å². The zero-order valence-corrected chi connectivity index (χ0v) is 14.5. The van der Waals surface area contributed by atoms with Gasteiger partial charge in [0, 0.05) is 10.8 Å². The summed E-state index contributed by atoms with van der Waals surface area (Å²) in [5, 5.41) is 0.243. The molecule has 4 nitrogen and oxygen atoms in total. The van der Waals surface area contributed by atoms with Gasteiger partial charge in [0.2, 0.25) is 0 Å². The summed E-state index contributed by atoms with van der Waals surface area (Å²) in [6.45, 7) is 4.01. The lowest BCUT2D eigenvalue weighted by atomic mass is 10.1. The molecule has 0 N–H and O–H groups in total. The number of fused-ring (bicyclic) bond motifs is 1. The van der Waals surface area contributed by atoms with Crippen LogP contribution in [0.2, 0.25) is 0 Å². The number of carbonyl (C=O) groups is 2. The van der Waals surface area contributed by atoms with Crippen LogP contribution in [0, 0.1) is 13.8 Å². The highest BCUT2D eigenvalue weighted by Gasteiger charge is 2.16. The van der Waals surface area contributed by atoms with E-state index in [-0.39, 0.29) is 5.75 Å². The van der Waals surface area contributed by atoms with Gasteiger partial charge in [-0.1, -0.05) is 36.4 Å². The number of carbonyl (C=O) groups excluding carboxylic acids is 2. The van der Waals surface area contributed by atoms with Crippen LogP contribution in [0.3, 0.4) is 0 Å². The lowest BCUT2D eigenvalue weighted by molar-refractivity contribution is -0.143. The van der Waals surface area contributed by atoms with Gasteiger partial charge in [0.25, 0.3) is 0 Å².